The third-order valence-electron chi connectivity index (χ3n) is 2.01. The topological polar surface area (TPSA) is 76.2 Å². The first kappa shape index (κ1) is 14.6. The summed E-state index contributed by atoms with van der Waals surface area (Å²) in [5.74, 6) is 0.244. The number of rotatable bonds is 6. The Morgan fingerprint density at radius 1 is 1.53 bits per heavy atom. The molecule has 1 unspecified atom stereocenters. The van der Waals surface area contributed by atoms with Crippen LogP contribution in [0.1, 0.15) is 12.1 Å². The van der Waals surface area contributed by atoms with Gasteiger partial charge in [0.05, 0.1) is 10.7 Å². The fourth-order valence-corrected chi connectivity index (χ4v) is 2.46. The van der Waals surface area contributed by atoms with E-state index in [1.54, 1.807) is 12.1 Å². The molecule has 0 aromatic carbocycles. The summed E-state index contributed by atoms with van der Waals surface area (Å²) in [5, 5.41) is 9.55. The van der Waals surface area contributed by atoms with Gasteiger partial charge in [0.25, 0.3) is 0 Å². The number of nitrogens with two attached hydrogens (primary N) is 1. The lowest BCUT2D eigenvalue weighted by molar-refractivity contribution is -0.138. The van der Waals surface area contributed by atoms with Gasteiger partial charge < -0.3 is 10.8 Å². The minimum Gasteiger partial charge on any atom is -0.480 e. The van der Waals surface area contributed by atoms with E-state index in [9.17, 15) is 4.79 Å². The number of nitrogens with zero attached hydrogens (tertiary/aromatic N) is 1. The molecule has 3 N–H and O–H groups in total. The van der Waals surface area contributed by atoms with Crippen molar-refractivity contribution in [3.8, 4) is 0 Å². The highest BCUT2D eigenvalue weighted by molar-refractivity contribution is 7.98. The van der Waals surface area contributed by atoms with Crippen LogP contribution < -0.4 is 5.73 Å². The summed E-state index contributed by atoms with van der Waals surface area (Å²) < 4.78 is 0. The zero-order valence-electron chi connectivity index (χ0n) is 8.90. The number of hydrogen-bond acceptors (Lipinski definition) is 4. The Hall–Kier alpha value is -0.490. The lowest BCUT2D eigenvalue weighted by Crippen LogP contribution is -2.30. The lowest BCUT2D eigenvalue weighted by atomic mass is 10.2. The van der Waals surface area contributed by atoms with Crippen molar-refractivity contribution in [1.29, 1.82) is 0 Å². The van der Waals surface area contributed by atoms with E-state index in [1.807, 2.05) is 0 Å². The van der Waals surface area contributed by atoms with Crippen LogP contribution in [0.4, 0.5) is 0 Å². The molecule has 17 heavy (non-hydrogen) atoms. The van der Waals surface area contributed by atoms with Crippen LogP contribution in [0.25, 0.3) is 0 Å². The number of carbonyl (C=O) groups is 1. The number of hydrogen-bond donors (Lipinski definition) is 2. The van der Waals surface area contributed by atoms with Gasteiger partial charge in [0.1, 0.15) is 11.2 Å². The van der Waals surface area contributed by atoms with Crippen molar-refractivity contribution >= 4 is 40.9 Å². The summed E-state index contributed by atoms with van der Waals surface area (Å²) in [4.78, 5) is 14.6. The maximum absolute atomic E-state index is 10.5. The first-order valence-corrected chi connectivity index (χ1v) is 6.79. The van der Waals surface area contributed by atoms with Gasteiger partial charge in [-0.3, -0.25) is 4.79 Å². The summed E-state index contributed by atoms with van der Waals surface area (Å²) in [5.41, 5.74) is 6.08. The van der Waals surface area contributed by atoms with E-state index in [1.165, 1.54) is 11.8 Å². The average molecular weight is 295 g/mol. The summed E-state index contributed by atoms with van der Waals surface area (Å²) in [6.07, 6.45) is 0.415. The van der Waals surface area contributed by atoms with Crippen LogP contribution in [0.15, 0.2) is 12.1 Å². The molecule has 1 atom stereocenters. The van der Waals surface area contributed by atoms with Gasteiger partial charge in [-0.05, 0) is 24.3 Å². The van der Waals surface area contributed by atoms with Crippen molar-refractivity contribution in [3.63, 3.8) is 0 Å². The standard InChI is InChI=1S/C10H12Cl2N2O2S/c11-6-1-2-9(12)14-8(6)5-17-4-3-7(13)10(15)16/h1-2,7H,3-5,13H2,(H,15,16). The second-order valence-corrected chi connectivity index (χ2v) is 5.25. The molecule has 0 fully saturated rings. The lowest BCUT2D eigenvalue weighted by Gasteiger charge is -2.06. The van der Waals surface area contributed by atoms with Crippen molar-refractivity contribution in [2.75, 3.05) is 5.75 Å². The van der Waals surface area contributed by atoms with E-state index < -0.39 is 12.0 Å². The largest absolute Gasteiger partial charge is 0.480 e. The Kier molecular flexibility index (Phi) is 6.05. The number of aromatic nitrogens is 1. The molecule has 1 heterocycles. The normalized spacial score (nSPS) is 12.4. The molecule has 0 saturated carbocycles. The second kappa shape index (κ2) is 7.06. The molecule has 94 valence electrons. The van der Waals surface area contributed by atoms with Gasteiger partial charge in [-0.1, -0.05) is 23.2 Å². The molecular weight excluding hydrogens is 283 g/mol. The van der Waals surface area contributed by atoms with Crippen LogP contribution in [-0.4, -0.2) is 27.9 Å². The highest BCUT2D eigenvalue weighted by atomic mass is 35.5. The van der Waals surface area contributed by atoms with E-state index in [2.05, 4.69) is 4.98 Å². The first-order valence-electron chi connectivity index (χ1n) is 4.87. The van der Waals surface area contributed by atoms with E-state index in [-0.39, 0.29) is 0 Å². The molecule has 7 heteroatoms. The van der Waals surface area contributed by atoms with Crippen LogP contribution in [0.5, 0.6) is 0 Å². The van der Waals surface area contributed by atoms with Crippen LogP contribution >= 0.6 is 35.0 Å². The highest BCUT2D eigenvalue weighted by Gasteiger charge is 2.11. The Balaban J connectivity index is 2.36. The van der Waals surface area contributed by atoms with Gasteiger partial charge in [0.2, 0.25) is 0 Å². The van der Waals surface area contributed by atoms with Crippen LogP contribution in [0.2, 0.25) is 10.2 Å². The average Bonchev–Trinajstić information content (AvgIpc) is 2.28. The van der Waals surface area contributed by atoms with Crippen LogP contribution in [0.3, 0.4) is 0 Å². The molecule has 1 aromatic heterocycles. The summed E-state index contributed by atoms with van der Waals surface area (Å²) in [6, 6.07) is 2.50. The molecule has 0 spiro atoms. The van der Waals surface area contributed by atoms with Crippen LogP contribution in [-0.2, 0) is 10.5 Å². The molecule has 0 aliphatic heterocycles. The molecule has 0 saturated heterocycles. The zero-order chi connectivity index (χ0) is 12.8. The summed E-state index contributed by atoms with van der Waals surface area (Å²) in [6.45, 7) is 0. The Morgan fingerprint density at radius 2 is 2.24 bits per heavy atom. The Morgan fingerprint density at radius 3 is 2.88 bits per heavy atom. The third kappa shape index (κ3) is 5.12. The maximum atomic E-state index is 10.5. The van der Waals surface area contributed by atoms with Gasteiger partial charge in [0.15, 0.2) is 0 Å². The first-order chi connectivity index (χ1) is 8.00. The summed E-state index contributed by atoms with van der Waals surface area (Å²) in [7, 11) is 0. The van der Waals surface area contributed by atoms with Crippen molar-refractivity contribution in [1.82, 2.24) is 4.98 Å². The van der Waals surface area contributed by atoms with Crippen molar-refractivity contribution in [2.24, 2.45) is 5.73 Å². The predicted octanol–water partition coefficient (Wildman–Crippen LogP) is 2.42. The molecule has 0 aliphatic carbocycles. The smallest absolute Gasteiger partial charge is 0.320 e. The van der Waals surface area contributed by atoms with Gasteiger partial charge in [-0.15, -0.1) is 0 Å². The van der Waals surface area contributed by atoms with Gasteiger partial charge >= 0.3 is 5.97 Å². The van der Waals surface area contributed by atoms with Crippen molar-refractivity contribution < 1.29 is 9.90 Å². The predicted molar refractivity (Wildman–Crippen MR) is 70.6 cm³/mol. The van der Waals surface area contributed by atoms with E-state index in [0.29, 0.717) is 33.8 Å². The van der Waals surface area contributed by atoms with E-state index in [4.69, 9.17) is 34.0 Å². The SMILES string of the molecule is NC(CCSCc1nc(Cl)ccc1Cl)C(=O)O. The molecule has 1 aromatic rings. The highest BCUT2D eigenvalue weighted by Crippen LogP contribution is 2.21. The molecular formula is C10H12Cl2N2O2S. The zero-order valence-corrected chi connectivity index (χ0v) is 11.2. The van der Waals surface area contributed by atoms with Gasteiger partial charge in [-0.2, -0.15) is 11.8 Å². The molecule has 0 bridgehead atoms. The minimum absolute atomic E-state index is 0.396. The monoisotopic (exact) mass is 294 g/mol. The molecule has 4 nitrogen and oxygen atoms in total. The number of carboxylic acid groups (broad SMARTS) is 1. The van der Waals surface area contributed by atoms with Gasteiger partial charge in [0, 0.05) is 5.75 Å². The third-order valence-corrected chi connectivity index (χ3v) is 3.57. The number of halogens is 2. The van der Waals surface area contributed by atoms with Crippen LogP contribution in [0, 0.1) is 0 Å². The summed E-state index contributed by atoms with van der Waals surface area (Å²) >= 11 is 13.2. The number of carboxylic acids is 1. The number of thioether (sulfide) groups is 1. The fourth-order valence-electron chi connectivity index (χ4n) is 1.06. The van der Waals surface area contributed by atoms with Gasteiger partial charge in [-0.25, -0.2) is 4.98 Å². The molecule has 0 radical (unpaired) electrons. The fraction of sp³-hybridized carbons (Fsp3) is 0.400. The molecule has 0 aliphatic rings. The molecule has 0 amide bonds. The Bertz CT molecular complexity index is 404. The molecule has 1 rings (SSSR count). The second-order valence-electron chi connectivity index (χ2n) is 3.35. The van der Waals surface area contributed by atoms with Crippen molar-refractivity contribution in [2.45, 2.75) is 18.2 Å². The van der Waals surface area contributed by atoms with E-state index in [0.717, 1.165) is 0 Å². The van der Waals surface area contributed by atoms with Crippen molar-refractivity contribution in [3.05, 3.63) is 28.0 Å². The minimum atomic E-state index is -0.982. The Labute approximate surface area is 114 Å². The van der Waals surface area contributed by atoms with E-state index >= 15 is 0 Å². The number of pyridine rings is 1. The quantitative estimate of drug-likeness (QED) is 0.622. The maximum Gasteiger partial charge on any atom is 0.320 e. The number of aliphatic carboxylic acids is 1.